The van der Waals surface area contributed by atoms with Gasteiger partial charge in [-0.3, -0.25) is 9.69 Å². The number of rotatable bonds is 5. The Balaban J connectivity index is 2.60. The van der Waals surface area contributed by atoms with E-state index in [4.69, 9.17) is 9.47 Å². The molecule has 0 aromatic carbocycles. The van der Waals surface area contributed by atoms with Gasteiger partial charge in [-0.05, 0) is 46.5 Å². The van der Waals surface area contributed by atoms with E-state index < -0.39 is 23.8 Å². The molecule has 0 bridgehead atoms. The summed E-state index contributed by atoms with van der Waals surface area (Å²) in [5.41, 5.74) is -0.630. The highest BCUT2D eigenvalue weighted by molar-refractivity contribution is 5.87. The first-order valence-corrected chi connectivity index (χ1v) is 7.95. The van der Waals surface area contributed by atoms with Gasteiger partial charge in [0.2, 0.25) is 5.91 Å². The second kappa shape index (κ2) is 8.29. The van der Waals surface area contributed by atoms with Gasteiger partial charge in [0.15, 0.2) is 0 Å². The molecule has 132 valence electrons. The van der Waals surface area contributed by atoms with Gasteiger partial charge < -0.3 is 19.6 Å². The molecule has 7 heteroatoms. The van der Waals surface area contributed by atoms with Crippen LogP contribution in [0.1, 0.15) is 40.5 Å². The van der Waals surface area contributed by atoms with Gasteiger partial charge in [0.25, 0.3) is 0 Å². The maximum absolute atomic E-state index is 12.3. The highest BCUT2D eigenvalue weighted by atomic mass is 16.6. The molecule has 0 radical (unpaired) electrons. The molecule has 1 N–H and O–H groups in total. The molecule has 0 unspecified atom stereocenters. The summed E-state index contributed by atoms with van der Waals surface area (Å²) < 4.78 is 10.5. The second-order valence-electron chi connectivity index (χ2n) is 6.89. The zero-order chi connectivity index (χ0) is 17.6. The first-order valence-electron chi connectivity index (χ1n) is 7.95. The van der Waals surface area contributed by atoms with Crippen LogP contribution in [0.5, 0.6) is 0 Å². The van der Waals surface area contributed by atoms with Crippen LogP contribution in [0.4, 0.5) is 4.79 Å². The summed E-state index contributed by atoms with van der Waals surface area (Å²) in [7, 11) is 1.50. The number of nitrogens with zero attached hydrogens (tertiary/aromatic N) is 1. The normalized spacial score (nSPS) is 18.7. The molecular weight excluding hydrogens is 300 g/mol. The van der Waals surface area contributed by atoms with E-state index in [2.05, 4.69) is 5.32 Å². The first-order chi connectivity index (χ1) is 10.7. The molecule has 0 spiro atoms. The largest absolute Gasteiger partial charge is 0.444 e. The van der Waals surface area contributed by atoms with Crippen LogP contribution in [0.25, 0.3) is 0 Å². The molecule has 1 fully saturated rings. The summed E-state index contributed by atoms with van der Waals surface area (Å²) >= 11 is 0. The fourth-order valence-corrected chi connectivity index (χ4v) is 2.29. The number of hydrogen-bond acceptors (Lipinski definition) is 5. The molecule has 1 saturated heterocycles. The first kappa shape index (κ1) is 19.4. The van der Waals surface area contributed by atoms with Crippen molar-refractivity contribution in [1.29, 1.82) is 0 Å². The van der Waals surface area contributed by atoms with Gasteiger partial charge >= 0.3 is 6.09 Å². The van der Waals surface area contributed by atoms with Crippen molar-refractivity contribution in [1.82, 2.24) is 10.2 Å². The van der Waals surface area contributed by atoms with Crippen molar-refractivity contribution in [2.45, 2.75) is 58.2 Å². The van der Waals surface area contributed by atoms with Crippen LogP contribution in [0.2, 0.25) is 0 Å². The average Bonchev–Trinajstić information content (AvgIpc) is 2.50. The molecule has 0 aliphatic carbocycles. The number of hydrogen-bond donors (Lipinski definition) is 1. The Bertz CT molecular complexity index is 427. The molecule has 1 aliphatic heterocycles. The topological polar surface area (TPSA) is 84.9 Å². The van der Waals surface area contributed by atoms with Crippen LogP contribution in [0.3, 0.4) is 0 Å². The number of aldehydes is 1. The van der Waals surface area contributed by atoms with Crippen LogP contribution >= 0.6 is 0 Å². The lowest BCUT2D eigenvalue weighted by Crippen LogP contribution is -2.52. The van der Waals surface area contributed by atoms with Crippen molar-refractivity contribution in [3.8, 4) is 0 Å². The Morgan fingerprint density at radius 1 is 1.30 bits per heavy atom. The van der Waals surface area contributed by atoms with Gasteiger partial charge in [-0.1, -0.05) is 0 Å². The molecular formula is C16H28N2O5. The Kier molecular flexibility index (Phi) is 7.00. The summed E-state index contributed by atoms with van der Waals surface area (Å²) in [6.45, 7) is 8.08. The third kappa shape index (κ3) is 6.17. The van der Waals surface area contributed by atoms with Crippen LogP contribution < -0.4 is 5.32 Å². The van der Waals surface area contributed by atoms with E-state index in [1.807, 2.05) is 0 Å². The monoisotopic (exact) mass is 328 g/mol. The SMILES string of the molecule is C[C@@H](C(=O)N[C@H](C=O)C1CCOCC1)N(C)C(=O)OC(C)(C)C. The Morgan fingerprint density at radius 3 is 2.35 bits per heavy atom. The zero-order valence-electron chi connectivity index (χ0n) is 14.6. The number of likely N-dealkylation sites (N-methyl/N-ethyl adjacent to an activating group) is 1. The quantitative estimate of drug-likeness (QED) is 0.770. The highest BCUT2D eigenvalue weighted by Gasteiger charge is 2.30. The second-order valence-corrected chi connectivity index (χ2v) is 6.89. The van der Waals surface area contributed by atoms with Gasteiger partial charge in [-0.15, -0.1) is 0 Å². The summed E-state index contributed by atoms with van der Waals surface area (Å²) in [5.74, 6) is -0.300. The number of carbonyl (C=O) groups is 3. The Labute approximate surface area is 137 Å². The van der Waals surface area contributed by atoms with Crippen molar-refractivity contribution in [3.63, 3.8) is 0 Å². The van der Waals surface area contributed by atoms with Gasteiger partial charge in [-0.2, -0.15) is 0 Å². The summed E-state index contributed by atoms with van der Waals surface area (Å²) in [5, 5.41) is 2.72. The van der Waals surface area contributed by atoms with Crippen LogP contribution in [-0.2, 0) is 19.1 Å². The maximum Gasteiger partial charge on any atom is 0.410 e. The molecule has 0 aromatic heterocycles. The van der Waals surface area contributed by atoms with Gasteiger partial charge in [0.05, 0.1) is 6.04 Å². The van der Waals surface area contributed by atoms with Crippen molar-refractivity contribution in [2.24, 2.45) is 5.92 Å². The molecule has 1 heterocycles. The van der Waals surface area contributed by atoms with Crippen molar-refractivity contribution < 1.29 is 23.9 Å². The van der Waals surface area contributed by atoms with Crippen LogP contribution in [0.15, 0.2) is 0 Å². The molecule has 0 aromatic rings. The van der Waals surface area contributed by atoms with E-state index in [1.165, 1.54) is 11.9 Å². The van der Waals surface area contributed by atoms with E-state index in [-0.39, 0.29) is 11.8 Å². The predicted molar refractivity (Wildman–Crippen MR) is 85.0 cm³/mol. The molecule has 2 atom stereocenters. The average molecular weight is 328 g/mol. The fraction of sp³-hybridized carbons (Fsp3) is 0.812. The van der Waals surface area contributed by atoms with Crippen molar-refractivity contribution in [3.05, 3.63) is 0 Å². The summed E-state index contributed by atoms with van der Waals surface area (Å²) in [6.07, 6.45) is 1.66. The molecule has 1 rings (SSSR count). The summed E-state index contributed by atoms with van der Waals surface area (Å²) in [6, 6.07) is -1.28. The van der Waals surface area contributed by atoms with Gasteiger partial charge in [-0.25, -0.2) is 4.79 Å². The fourth-order valence-electron chi connectivity index (χ4n) is 2.29. The minimum Gasteiger partial charge on any atom is -0.444 e. The third-order valence-corrected chi connectivity index (χ3v) is 3.87. The van der Waals surface area contributed by atoms with Crippen molar-refractivity contribution >= 4 is 18.3 Å². The number of nitrogens with one attached hydrogen (secondary N) is 1. The van der Waals surface area contributed by atoms with E-state index in [0.29, 0.717) is 13.2 Å². The van der Waals surface area contributed by atoms with E-state index >= 15 is 0 Å². The standard InChI is InChI=1S/C16H28N2O5/c1-11(18(5)15(21)23-16(2,3)4)14(20)17-13(10-19)12-6-8-22-9-7-12/h10-13H,6-9H2,1-5H3,(H,17,20)/t11-,13+/m0/s1. The Morgan fingerprint density at radius 2 is 1.87 bits per heavy atom. The van der Waals surface area contributed by atoms with E-state index in [1.54, 1.807) is 27.7 Å². The molecule has 23 heavy (non-hydrogen) atoms. The van der Waals surface area contributed by atoms with Gasteiger partial charge in [0.1, 0.15) is 17.9 Å². The third-order valence-electron chi connectivity index (χ3n) is 3.87. The maximum atomic E-state index is 12.3. The van der Waals surface area contributed by atoms with Crippen molar-refractivity contribution in [2.75, 3.05) is 20.3 Å². The van der Waals surface area contributed by atoms with Gasteiger partial charge in [0, 0.05) is 20.3 Å². The van der Waals surface area contributed by atoms with E-state index in [9.17, 15) is 14.4 Å². The van der Waals surface area contributed by atoms with Crippen LogP contribution in [-0.4, -0.2) is 61.1 Å². The molecule has 2 amide bonds. The summed E-state index contributed by atoms with van der Waals surface area (Å²) in [4.78, 5) is 36.8. The Hall–Kier alpha value is -1.63. The molecule has 1 aliphatic rings. The number of amides is 2. The number of ether oxygens (including phenoxy) is 2. The molecule has 0 saturated carbocycles. The highest BCUT2D eigenvalue weighted by Crippen LogP contribution is 2.18. The minimum atomic E-state index is -0.729. The minimum absolute atomic E-state index is 0.0734. The lowest BCUT2D eigenvalue weighted by molar-refractivity contribution is -0.129. The predicted octanol–water partition coefficient (Wildman–Crippen LogP) is 1.35. The lowest BCUT2D eigenvalue weighted by atomic mass is 9.92. The van der Waals surface area contributed by atoms with E-state index in [0.717, 1.165) is 19.1 Å². The van der Waals surface area contributed by atoms with Crippen LogP contribution in [0, 0.1) is 5.92 Å². The number of carbonyl (C=O) groups excluding carboxylic acids is 3. The smallest absolute Gasteiger partial charge is 0.410 e. The lowest BCUT2D eigenvalue weighted by Gasteiger charge is -2.31. The zero-order valence-corrected chi connectivity index (χ0v) is 14.6. The molecule has 7 nitrogen and oxygen atoms in total.